The van der Waals surface area contributed by atoms with E-state index in [9.17, 15) is 28.5 Å². The van der Waals surface area contributed by atoms with Gasteiger partial charge in [-0.2, -0.15) is 43.8 Å². The minimum absolute atomic E-state index is 0.118. The highest BCUT2D eigenvalue weighted by molar-refractivity contribution is 5.84. The number of aromatic hydroxyl groups is 3. The van der Waals surface area contributed by atoms with Crippen LogP contribution in [0, 0.1) is 17.5 Å². The van der Waals surface area contributed by atoms with Gasteiger partial charge in [0.15, 0.2) is 34.4 Å². The van der Waals surface area contributed by atoms with Gasteiger partial charge in [0.05, 0.1) is 37.2 Å². The van der Waals surface area contributed by atoms with E-state index in [1.165, 1.54) is 86.9 Å². The minimum atomic E-state index is -0.431. The zero-order valence-electron chi connectivity index (χ0n) is 57.3. The third-order valence-corrected chi connectivity index (χ3v) is 20.5. The number of pyridine rings is 3. The number of phenolic OH excluding ortho intramolecular Hbond substituents is 3. The molecule has 0 amide bonds. The van der Waals surface area contributed by atoms with Gasteiger partial charge in [0.25, 0.3) is 0 Å². The molecule has 0 saturated carbocycles. The molecule has 0 saturated heterocycles. The van der Waals surface area contributed by atoms with Gasteiger partial charge in [0.1, 0.15) is 34.7 Å². The van der Waals surface area contributed by atoms with Crippen molar-refractivity contribution in [3.63, 3.8) is 0 Å². The number of anilines is 3. The maximum atomic E-state index is 13.9. The largest absolute Gasteiger partial charge is 0.507 e. The maximum absolute atomic E-state index is 13.9. The highest BCUT2D eigenvalue weighted by atomic mass is 19.1. The van der Waals surface area contributed by atoms with Gasteiger partial charge in [-0.05, 0) is 165 Å². The predicted octanol–water partition coefficient (Wildman–Crippen LogP) is 15.4. The van der Waals surface area contributed by atoms with Crippen molar-refractivity contribution in [2.24, 2.45) is 0 Å². The second-order valence-electron chi connectivity index (χ2n) is 28.2. The monoisotopic (exact) mass is 1370 g/mol. The molecule has 102 heavy (non-hydrogen) atoms. The Kier molecular flexibility index (Phi) is 17.0. The molecule has 24 heteroatoms. The molecule has 0 fully saturated rings. The fourth-order valence-corrected chi connectivity index (χ4v) is 15.4. The highest BCUT2D eigenvalue weighted by Gasteiger charge is 2.35. The van der Waals surface area contributed by atoms with Gasteiger partial charge in [-0.1, -0.05) is 94.7 Å². The first-order valence-electron chi connectivity index (χ1n) is 34.9. The summed E-state index contributed by atoms with van der Waals surface area (Å²) in [6, 6.07) is 21.8. The van der Waals surface area contributed by atoms with Crippen LogP contribution in [0.1, 0.15) is 167 Å². The fourth-order valence-electron chi connectivity index (χ4n) is 15.4. The molecule has 18 rings (SSSR count). The van der Waals surface area contributed by atoms with Crippen molar-refractivity contribution in [1.29, 1.82) is 0 Å². The van der Waals surface area contributed by atoms with Crippen molar-refractivity contribution in [3.05, 3.63) is 213 Å². The third-order valence-electron chi connectivity index (χ3n) is 20.5. The van der Waals surface area contributed by atoms with Gasteiger partial charge < -0.3 is 31.3 Å². The predicted molar refractivity (Wildman–Crippen MR) is 384 cm³/mol. The smallest absolute Gasteiger partial charge is 0.228 e. The van der Waals surface area contributed by atoms with Crippen LogP contribution in [0.15, 0.2) is 145 Å². The Labute approximate surface area is 585 Å². The summed E-state index contributed by atoms with van der Waals surface area (Å²) < 4.78 is 46.9. The van der Waals surface area contributed by atoms with Crippen molar-refractivity contribution in [1.82, 2.24) is 73.7 Å². The van der Waals surface area contributed by atoms with Gasteiger partial charge in [-0.15, -0.1) is 0 Å². The maximum Gasteiger partial charge on any atom is 0.228 e. The SMILES string of the molecule is CC(C)c1cnn2c(NC3CCC4=C(C3)c3c(O)cccc3C4)nc(-c3cncc(F)c3)nc12.CC(C)c1cnn2c(N[C@@H]3CCC4=C(C3)c3c(O)cccc3C4)nc(-c3cncc(F)c3)nc12.CC(C)c1cnn2c(N[C@H]3CCC4=C(C3)c3c(O)cccc3C4)nc(-c3cncc(F)c3)nc12. The first-order chi connectivity index (χ1) is 49.4. The van der Waals surface area contributed by atoms with E-state index in [-0.39, 0.29) is 35.9 Å². The number of benzene rings is 3. The van der Waals surface area contributed by atoms with Crippen LogP contribution in [-0.4, -0.2) is 107 Å². The summed E-state index contributed by atoms with van der Waals surface area (Å²) in [5, 5.41) is 55.9. The number of halogens is 3. The lowest BCUT2D eigenvalue weighted by molar-refractivity contribution is 0.472. The number of allylic oxidation sites excluding steroid dienone is 3. The Balaban J connectivity index is 0.000000118. The van der Waals surface area contributed by atoms with E-state index in [2.05, 4.69) is 106 Å². The molecule has 0 bridgehead atoms. The van der Waals surface area contributed by atoms with Crippen LogP contribution in [0.5, 0.6) is 17.2 Å². The van der Waals surface area contributed by atoms with Crippen LogP contribution < -0.4 is 16.0 Å². The Morgan fingerprint density at radius 3 is 0.961 bits per heavy atom. The molecule has 3 atom stereocenters. The molecule has 0 aliphatic heterocycles. The molecular weight excluding hydrogens is 1290 g/mol. The molecule has 21 nitrogen and oxygen atoms in total. The van der Waals surface area contributed by atoms with E-state index in [0.29, 0.717) is 86.2 Å². The van der Waals surface area contributed by atoms with Gasteiger partial charge >= 0.3 is 0 Å². The summed E-state index contributed by atoms with van der Waals surface area (Å²) in [5.41, 5.74) is 21.2. The van der Waals surface area contributed by atoms with Crippen LogP contribution in [0.4, 0.5) is 31.0 Å². The second-order valence-corrected chi connectivity index (χ2v) is 28.2. The van der Waals surface area contributed by atoms with Crippen molar-refractivity contribution in [2.45, 2.75) is 154 Å². The first-order valence-corrected chi connectivity index (χ1v) is 34.9. The number of rotatable bonds is 12. The molecule has 12 aromatic rings. The molecule has 9 aromatic heterocycles. The molecule has 6 aliphatic carbocycles. The molecule has 0 spiro atoms. The highest BCUT2D eigenvalue weighted by Crippen LogP contribution is 2.49. The topological polar surface area (TPSA) is 265 Å². The van der Waals surface area contributed by atoms with Crippen LogP contribution in [0.25, 0.3) is 67.8 Å². The molecule has 516 valence electrons. The number of phenols is 3. The average molecular weight is 1370 g/mol. The van der Waals surface area contributed by atoms with E-state index in [1.54, 1.807) is 50.3 Å². The minimum Gasteiger partial charge on any atom is -0.507 e. The number of fused-ring (bicyclic) bond motifs is 9. The summed E-state index contributed by atoms with van der Waals surface area (Å²) in [6.07, 6.45) is 24.5. The zero-order chi connectivity index (χ0) is 70.2. The Hall–Kier alpha value is -11.4. The van der Waals surface area contributed by atoms with Gasteiger partial charge in [-0.3, -0.25) is 15.0 Å². The molecule has 6 N–H and O–H groups in total. The first kappa shape index (κ1) is 65.2. The van der Waals surface area contributed by atoms with Crippen LogP contribution in [0.2, 0.25) is 0 Å². The summed E-state index contributed by atoms with van der Waals surface area (Å²) in [7, 11) is 0. The number of nitrogens with one attached hydrogen (secondary N) is 3. The normalized spacial score (nSPS) is 17.4. The van der Waals surface area contributed by atoms with Gasteiger partial charge in [-0.25, -0.2) is 28.1 Å². The summed E-state index contributed by atoms with van der Waals surface area (Å²) >= 11 is 0. The lowest BCUT2D eigenvalue weighted by atomic mass is 9.88. The molecule has 0 radical (unpaired) electrons. The standard InChI is InChI=1S/3C26H25FN6O/c3*1-14(2)21-13-29-33-25(21)31-24(17-9-18(27)12-28-11-17)32-26(33)30-19-7-6-15-8-16-4-3-5-22(34)23(16)20(15)10-19/h3*3-5,9,11-14,19,34H,6-8,10H2,1-2H3,(H,30,31,32)/t2*19-;/m10./s1. The number of hydrogen-bond donors (Lipinski definition) is 6. The van der Waals surface area contributed by atoms with Crippen molar-refractivity contribution < 1.29 is 28.5 Å². The van der Waals surface area contributed by atoms with Crippen LogP contribution in [0.3, 0.4) is 0 Å². The second kappa shape index (κ2) is 26.6. The Morgan fingerprint density at radius 1 is 0.392 bits per heavy atom. The average Bonchev–Trinajstić information content (AvgIpc) is 1.65. The van der Waals surface area contributed by atoms with E-state index in [1.807, 2.05) is 36.8 Å². The van der Waals surface area contributed by atoms with E-state index < -0.39 is 17.5 Å². The quantitative estimate of drug-likeness (QED) is 0.0664. The molecule has 9 heterocycles. The summed E-state index contributed by atoms with van der Waals surface area (Å²) in [4.78, 5) is 40.3. The Bertz CT molecular complexity index is 4900. The van der Waals surface area contributed by atoms with Gasteiger partial charge in [0, 0.05) is 86.8 Å². The van der Waals surface area contributed by atoms with E-state index in [0.717, 1.165) is 110 Å². The lowest BCUT2D eigenvalue weighted by Gasteiger charge is -2.26. The molecule has 6 aliphatic rings. The Morgan fingerprint density at radius 2 is 0.686 bits per heavy atom. The fraction of sp³-hybridized carbons (Fsp3) is 0.308. The number of aromatic nitrogens is 15. The van der Waals surface area contributed by atoms with Crippen LogP contribution in [-0.2, 0) is 19.3 Å². The van der Waals surface area contributed by atoms with E-state index in [4.69, 9.17) is 29.9 Å². The van der Waals surface area contributed by atoms with Crippen molar-refractivity contribution >= 4 is 51.5 Å². The number of nitrogens with zero attached hydrogens (tertiary/aromatic N) is 15. The number of hydrogen-bond acceptors (Lipinski definition) is 18. The summed E-state index contributed by atoms with van der Waals surface area (Å²) in [6.45, 7) is 12.6. The molecule has 1 unspecified atom stereocenters. The lowest BCUT2D eigenvalue weighted by Crippen LogP contribution is -2.25. The third kappa shape index (κ3) is 12.3. The summed E-state index contributed by atoms with van der Waals surface area (Å²) in [5.74, 6) is 3.35. The van der Waals surface area contributed by atoms with Gasteiger partial charge in [0.2, 0.25) is 17.8 Å². The van der Waals surface area contributed by atoms with Crippen molar-refractivity contribution in [2.75, 3.05) is 16.0 Å². The molecular formula is C78H75F3N18O3. The molecule has 3 aromatic carbocycles. The van der Waals surface area contributed by atoms with Crippen molar-refractivity contribution in [3.8, 4) is 51.4 Å². The zero-order valence-corrected chi connectivity index (χ0v) is 57.3. The van der Waals surface area contributed by atoms with Crippen LogP contribution >= 0.6 is 0 Å². The van der Waals surface area contributed by atoms with E-state index >= 15 is 0 Å².